The molecule has 0 radical (unpaired) electrons. The van der Waals surface area contributed by atoms with Crippen molar-refractivity contribution in [3.63, 3.8) is 0 Å². The molecule has 1 heterocycles. The first-order valence-corrected chi connectivity index (χ1v) is 9.32. The molecule has 0 unspecified atom stereocenters. The van der Waals surface area contributed by atoms with Gasteiger partial charge >= 0.3 is 0 Å². The molecular formula is C17H24N2O3S. The summed E-state index contributed by atoms with van der Waals surface area (Å²) in [4.78, 5) is 4.55. The first kappa shape index (κ1) is 17.8. The molecule has 1 N–H and O–H groups in total. The van der Waals surface area contributed by atoms with E-state index in [1.165, 1.54) is 0 Å². The summed E-state index contributed by atoms with van der Waals surface area (Å²) in [5, 5.41) is 0.649. The maximum Gasteiger partial charge on any atom is 0.241 e. The molecule has 0 fully saturated rings. The first-order chi connectivity index (χ1) is 10.9. The molecular weight excluding hydrogens is 312 g/mol. The van der Waals surface area contributed by atoms with Gasteiger partial charge in [-0.25, -0.2) is 13.1 Å². The van der Waals surface area contributed by atoms with Gasteiger partial charge in [-0.2, -0.15) is 0 Å². The second kappa shape index (κ2) is 7.86. The van der Waals surface area contributed by atoms with E-state index in [9.17, 15) is 8.42 Å². The molecule has 126 valence electrons. The molecule has 0 aliphatic carbocycles. The zero-order chi connectivity index (χ0) is 16.9. The van der Waals surface area contributed by atoms with Gasteiger partial charge in [0, 0.05) is 31.3 Å². The van der Waals surface area contributed by atoms with Crippen LogP contribution in [0.5, 0.6) is 0 Å². The van der Waals surface area contributed by atoms with Crippen molar-refractivity contribution in [2.24, 2.45) is 5.92 Å². The van der Waals surface area contributed by atoms with Crippen LogP contribution < -0.4 is 4.72 Å². The number of benzene rings is 1. The van der Waals surface area contributed by atoms with Crippen LogP contribution in [0.4, 0.5) is 0 Å². The van der Waals surface area contributed by atoms with Gasteiger partial charge in [-0.15, -0.1) is 0 Å². The van der Waals surface area contributed by atoms with Crippen LogP contribution in [0.3, 0.4) is 0 Å². The number of nitrogens with one attached hydrogen (secondary N) is 1. The minimum atomic E-state index is -3.55. The highest BCUT2D eigenvalue weighted by atomic mass is 32.2. The zero-order valence-electron chi connectivity index (χ0n) is 13.9. The molecule has 2 rings (SSSR count). The van der Waals surface area contributed by atoms with Gasteiger partial charge in [0.05, 0.1) is 10.4 Å². The fourth-order valence-corrected chi connectivity index (χ4v) is 3.57. The number of pyridine rings is 1. The van der Waals surface area contributed by atoms with Crippen LogP contribution in [0.15, 0.2) is 35.4 Å². The number of aromatic nitrogens is 1. The molecule has 1 aromatic heterocycles. The second-order valence-corrected chi connectivity index (χ2v) is 7.74. The summed E-state index contributed by atoms with van der Waals surface area (Å²) in [6, 6.07) is 6.96. The third kappa shape index (κ3) is 4.73. The van der Waals surface area contributed by atoms with E-state index in [0.29, 0.717) is 37.5 Å². The predicted octanol–water partition coefficient (Wildman–Crippen LogP) is 2.88. The molecule has 0 aliphatic rings. The fourth-order valence-electron chi connectivity index (χ4n) is 2.30. The summed E-state index contributed by atoms with van der Waals surface area (Å²) in [5.41, 5.74) is 1.68. The normalized spacial score (nSPS) is 12.2. The molecule has 0 amide bonds. The molecule has 23 heavy (non-hydrogen) atoms. The highest BCUT2D eigenvalue weighted by Crippen LogP contribution is 2.23. The monoisotopic (exact) mass is 336 g/mol. The number of hydrogen-bond acceptors (Lipinski definition) is 4. The highest BCUT2D eigenvalue weighted by Gasteiger charge is 2.17. The average Bonchev–Trinajstić information content (AvgIpc) is 2.51. The number of fused-ring (bicyclic) bond motifs is 1. The third-order valence-corrected chi connectivity index (χ3v) is 4.95. The van der Waals surface area contributed by atoms with E-state index in [4.69, 9.17) is 4.74 Å². The quantitative estimate of drug-likeness (QED) is 0.753. The van der Waals surface area contributed by atoms with E-state index >= 15 is 0 Å². The van der Waals surface area contributed by atoms with E-state index in [0.717, 1.165) is 11.1 Å². The second-order valence-electron chi connectivity index (χ2n) is 6.00. The lowest BCUT2D eigenvalue weighted by Crippen LogP contribution is -2.26. The van der Waals surface area contributed by atoms with Gasteiger partial charge in [0.25, 0.3) is 0 Å². The number of ether oxygens (including phenoxy) is 1. The van der Waals surface area contributed by atoms with E-state index in [1.54, 1.807) is 30.5 Å². The molecule has 1 aromatic carbocycles. The van der Waals surface area contributed by atoms with Crippen molar-refractivity contribution in [3.8, 4) is 0 Å². The van der Waals surface area contributed by atoms with Crippen molar-refractivity contribution in [1.29, 1.82) is 0 Å². The minimum absolute atomic E-state index is 0.272. The maximum absolute atomic E-state index is 12.5. The van der Waals surface area contributed by atoms with Crippen LogP contribution in [0.2, 0.25) is 0 Å². The van der Waals surface area contributed by atoms with Gasteiger partial charge in [-0.3, -0.25) is 4.98 Å². The van der Waals surface area contributed by atoms with Crippen LogP contribution in [-0.4, -0.2) is 33.2 Å². The van der Waals surface area contributed by atoms with Crippen molar-refractivity contribution in [2.75, 3.05) is 19.8 Å². The number of nitrogens with zero attached hydrogens (tertiary/aromatic N) is 1. The van der Waals surface area contributed by atoms with Crippen LogP contribution in [0.1, 0.15) is 25.8 Å². The molecule has 0 saturated carbocycles. The van der Waals surface area contributed by atoms with Gasteiger partial charge in [0.15, 0.2) is 0 Å². The summed E-state index contributed by atoms with van der Waals surface area (Å²) >= 11 is 0. The van der Waals surface area contributed by atoms with Gasteiger partial charge in [-0.05, 0) is 43.0 Å². The summed E-state index contributed by atoms with van der Waals surface area (Å²) in [7, 11) is -3.55. The Morgan fingerprint density at radius 2 is 2.04 bits per heavy atom. The van der Waals surface area contributed by atoms with Crippen molar-refractivity contribution < 1.29 is 13.2 Å². The van der Waals surface area contributed by atoms with E-state index < -0.39 is 10.0 Å². The Labute approximate surface area is 138 Å². The Balaban J connectivity index is 2.04. The number of rotatable bonds is 8. The van der Waals surface area contributed by atoms with Gasteiger partial charge in [-0.1, -0.05) is 19.9 Å². The lowest BCUT2D eigenvalue weighted by Gasteiger charge is -2.11. The largest absolute Gasteiger partial charge is 0.381 e. The zero-order valence-corrected chi connectivity index (χ0v) is 14.7. The van der Waals surface area contributed by atoms with Crippen molar-refractivity contribution in [2.45, 2.75) is 32.1 Å². The molecule has 5 nitrogen and oxygen atoms in total. The molecule has 0 saturated heterocycles. The first-order valence-electron chi connectivity index (χ1n) is 7.83. The number of sulfonamides is 1. The topological polar surface area (TPSA) is 68.3 Å². The molecule has 0 aliphatic heterocycles. The summed E-state index contributed by atoms with van der Waals surface area (Å²) in [6.45, 7) is 7.69. The average molecular weight is 336 g/mol. The molecule has 2 aromatic rings. The Morgan fingerprint density at radius 1 is 1.26 bits per heavy atom. The highest BCUT2D eigenvalue weighted by molar-refractivity contribution is 7.89. The smallest absolute Gasteiger partial charge is 0.241 e. The Hall–Kier alpha value is -1.50. The Kier molecular flexibility index (Phi) is 6.10. The van der Waals surface area contributed by atoms with Crippen LogP contribution in [0.25, 0.3) is 10.9 Å². The van der Waals surface area contributed by atoms with Crippen LogP contribution >= 0.6 is 0 Å². The van der Waals surface area contributed by atoms with E-state index in [2.05, 4.69) is 23.6 Å². The standard InChI is InChI=1S/C17H24N2O3S/c1-13(2)12-22-11-5-10-19-23(20,21)16-8-7-14(3)17-15(16)6-4-9-18-17/h4,6-9,13,19H,5,10-12H2,1-3H3. The predicted molar refractivity (Wildman–Crippen MR) is 91.9 cm³/mol. The number of aryl methyl sites for hydroxylation is 1. The summed E-state index contributed by atoms with van der Waals surface area (Å²) < 4.78 is 33.1. The molecule has 0 atom stereocenters. The fraction of sp³-hybridized carbons (Fsp3) is 0.471. The van der Waals surface area contributed by atoms with E-state index in [-0.39, 0.29) is 4.90 Å². The maximum atomic E-state index is 12.5. The van der Waals surface area contributed by atoms with Crippen molar-refractivity contribution >= 4 is 20.9 Å². The van der Waals surface area contributed by atoms with Crippen LogP contribution in [0, 0.1) is 12.8 Å². The lowest BCUT2D eigenvalue weighted by molar-refractivity contribution is 0.108. The van der Waals surface area contributed by atoms with Crippen molar-refractivity contribution in [1.82, 2.24) is 9.71 Å². The lowest BCUT2D eigenvalue weighted by atomic mass is 10.1. The van der Waals surface area contributed by atoms with Crippen LogP contribution in [-0.2, 0) is 14.8 Å². The Bertz CT molecular complexity index is 758. The third-order valence-electron chi connectivity index (χ3n) is 3.43. The summed E-state index contributed by atoms with van der Waals surface area (Å²) in [5.74, 6) is 0.484. The molecule has 0 bridgehead atoms. The van der Waals surface area contributed by atoms with E-state index in [1.807, 2.05) is 6.92 Å². The van der Waals surface area contributed by atoms with Gasteiger partial charge in [0.1, 0.15) is 0 Å². The Morgan fingerprint density at radius 3 is 2.78 bits per heavy atom. The van der Waals surface area contributed by atoms with Crippen molar-refractivity contribution in [3.05, 3.63) is 36.0 Å². The minimum Gasteiger partial charge on any atom is -0.381 e. The van der Waals surface area contributed by atoms with Gasteiger partial charge < -0.3 is 4.74 Å². The number of hydrogen-bond donors (Lipinski definition) is 1. The van der Waals surface area contributed by atoms with Gasteiger partial charge in [0.2, 0.25) is 10.0 Å². The molecule has 0 spiro atoms. The SMILES string of the molecule is Cc1ccc(S(=O)(=O)NCCCOCC(C)C)c2cccnc12. The molecule has 6 heteroatoms. The summed E-state index contributed by atoms with van der Waals surface area (Å²) in [6.07, 6.45) is 2.32.